The zero-order valence-electron chi connectivity index (χ0n) is 13.4. The molecule has 0 heterocycles. The summed E-state index contributed by atoms with van der Waals surface area (Å²) >= 11 is 3.51. The minimum Gasteiger partial charge on any atom is -0.370 e. The smallest absolute Gasteiger partial charge is 0.220 e. The summed E-state index contributed by atoms with van der Waals surface area (Å²) in [6, 6.07) is 6.47. The molecule has 1 atom stereocenters. The van der Waals surface area contributed by atoms with Gasteiger partial charge in [-0.15, -0.1) is 0 Å². The Hall–Kier alpha value is -1.36. The highest BCUT2D eigenvalue weighted by Crippen LogP contribution is 2.31. The first-order valence-corrected chi connectivity index (χ1v) is 9.21. The Morgan fingerprint density at radius 2 is 1.91 bits per heavy atom. The fourth-order valence-electron chi connectivity index (χ4n) is 3.14. The molecule has 1 aliphatic rings. The number of aryl methyl sites for hydroxylation is 1. The molecule has 4 nitrogen and oxygen atoms in total. The van der Waals surface area contributed by atoms with Gasteiger partial charge in [-0.1, -0.05) is 34.8 Å². The van der Waals surface area contributed by atoms with E-state index in [-0.39, 0.29) is 17.9 Å². The molecule has 1 aromatic carbocycles. The third kappa shape index (κ3) is 5.98. The molecule has 2 rings (SSSR count). The molecule has 0 radical (unpaired) electrons. The van der Waals surface area contributed by atoms with E-state index in [1.54, 1.807) is 0 Å². The summed E-state index contributed by atoms with van der Waals surface area (Å²) in [4.78, 5) is 22.8. The van der Waals surface area contributed by atoms with Crippen LogP contribution in [0.4, 0.5) is 0 Å². The summed E-state index contributed by atoms with van der Waals surface area (Å²) in [5.41, 5.74) is 7.70. The van der Waals surface area contributed by atoms with Gasteiger partial charge in [-0.05, 0) is 55.4 Å². The Labute approximate surface area is 146 Å². The van der Waals surface area contributed by atoms with Crippen molar-refractivity contribution < 1.29 is 9.59 Å². The molecule has 0 aliphatic heterocycles. The molecule has 0 saturated carbocycles. The minimum atomic E-state index is -0.245. The predicted molar refractivity (Wildman–Crippen MR) is 94.9 cm³/mol. The second-order valence-corrected chi connectivity index (χ2v) is 7.15. The molecule has 3 N–H and O–H groups in total. The number of unbranched alkanes of at least 4 members (excludes halogenated alkanes) is 3. The number of hydrogen-bond donors (Lipinski definition) is 2. The van der Waals surface area contributed by atoms with Crippen LogP contribution in [0.15, 0.2) is 22.7 Å². The molecule has 5 heteroatoms. The van der Waals surface area contributed by atoms with Crippen molar-refractivity contribution in [2.24, 2.45) is 5.73 Å². The monoisotopic (exact) mass is 380 g/mol. The van der Waals surface area contributed by atoms with Crippen LogP contribution in [0.5, 0.6) is 0 Å². The highest BCUT2D eigenvalue weighted by Gasteiger charge is 2.21. The highest BCUT2D eigenvalue weighted by molar-refractivity contribution is 9.10. The van der Waals surface area contributed by atoms with E-state index in [9.17, 15) is 9.59 Å². The number of rotatable bonds is 8. The molecule has 0 aromatic heterocycles. The van der Waals surface area contributed by atoms with E-state index in [0.717, 1.165) is 49.4 Å². The van der Waals surface area contributed by atoms with Crippen molar-refractivity contribution in [3.63, 3.8) is 0 Å². The van der Waals surface area contributed by atoms with Gasteiger partial charge >= 0.3 is 0 Å². The number of carbonyl (C=O) groups excluding carboxylic acids is 2. The molecular formula is C18H25BrN2O2. The molecule has 2 amide bonds. The molecule has 0 fully saturated rings. The average Bonchev–Trinajstić information content (AvgIpc) is 2.50. The zero-order chi connectivity index (χ0) is 16.7. The Kier molecular flexibility index (Phi) is 7.09. The van der Waals surface area contributed by atoms with Crippen LogP contribution < -0.4 is 11.1 Å². The maximum Gasteiger partial charge on any atom is 0.220 e. The van der Waals surface area contributed by atoms with E-state index >= 15 is 0 Å². The van der Waals surface area contributed by atoms with Gasteiger partial charge in [0.25, 0.3) is 0 Å². The number of fused-ring (bicyclic) bond motifs is 1. The largest absolute Gasteiger partial charge is 0.370 e. The second-order valence-electron chi connectivity index (χ2n) is 6.24. The lowest BCUT2D eigenvalue weighted by Gasteiger charge is -2.26. The normalized spacial score (nSPS) is 16.7. The van der Waals surface area contributed by atoms with Crippen LogP contribution in [0.3, 0.4) is 0 Å². The fraction of sp³-hybridized carbons (Fsp3) is 0.556. The van der Waals surface area contributed by atoms with E-state index in [2.05, 4.69) is 33.4 Å². The average molecular weight is 381 g/mol. The van der Waals surface area contributed by atoms with Crippen molar-refractivity contribution in [3.05, 3.63) is 33.8 Å². The third-order valence-corrected chi connectivity index (χ3v) is 4.82. The highest BCUT2D eigenvalue weighted by atomic mass is 79.9. The number of halogens is 1. The minimum absolute atomic E-state index is 0.126. The number of primary amides is 1. The van der Waals surface area contributed by atoms with Crippen molar-refractivity contribution in [2.45, 2.75) is 63.8 Å². The number of nitrogens with one attached hydrogen (secondary N) is 1. The number of carbonyl (C=O) groups is 2. The summed E-state index contributed by atoms with van der Waals surface area (Å²) in [6.45, 7) is 0. The SMILES string of the molecule is NC(=O)CCCCCCC(=O)NC1CCCc2cc(Br)ccc21. The Balaban J connectivity index is 1.73. The van der Waals surface area contributed by atoms with Gasteiger partial charge in [0, 0.05) is 17.3 Å². The van der Waals surface area contributed by atoms with Crippen LogP contribution in [0, 0.1) is 0 Å². The van der Waals surface area contributed by atoms with Crippen molar-refractivity contribution in [1.82, 2.24) is 5.32 Å². The molecule has 0 spiro atoms. The Morgan fingerprint density at radius 3 is 2.65 bits per heavy atom. The molecule has 0 saturated heterocycles. The van der Waals surface area contributed by atoms with Gasteiger partial charge in [0.05, 0.1) is 6.04 Å². The van der Waals surface area contributed by atoms with Gasteiger partial charge in [-0.2, -0.15) is 0 Å². The second kappa shape index (κ2) is 9.06. The first kappa shape index (κ1) is 18.0. The maximum absolute atomic E-state index is 12.1. The van der Waals surface area contributed by atoms with Gasteiger partial charge in [0.1, 0.15) is 0 Å². The van der Waals surface area contributed by atoms with Gasteiger partial charge < -0.3 is 11.1 Å². The van der Waals surface area contributed by atoms with E-state index < -0.39 is 0 Å². The molecular weight excluding hydrogens is 356 g/mol. The first-order valence-electron chi connectivity index (χ1n) is 8.42. The number of hydrogen-bond acceptors (Lipinski definition) is 2. The standard InChI is InChI=1S/C18H25BrN2O2/c19-14-10-11-15-13(12-14)6-5-7-16(15)21-18(23)9-4-2-1-3-8-17(20)22/h10-12,16H,1-9H2,(H2,20,22)(H,21,23). The summed E-state index contributed by atoms with van der Waals surface area (Å²) in [7, 11) is 0. The van der Waals surface area contributed by atoms with Gasteiger partial charge in [-0.25, -0.2) is 0 Å². The lowest BCUT2D eigenvalue weighted by Crippen LogP contribution is -2.30. The summed E-state index contributed by atoms with van der Waals surface area (Å²) in [6.07, 6.45) is 7.82. The van der Waals surface area contributed by atoms with Crippen molar-refractivity contribution in [2.75, 3.05) is 0 Å². The van der Waals surface area contributed by atoms with E-state index in [0.29, 0.717) is 12.8 Å². The fourth-order valence-corrected chi connectivity index (χ4v) is 3.55. The maximum atomic E-state index is 12.1. The van der Waals surface area contributed by atoms with Crippen LogP contribution in [-0.2, 0) is 16.0 Å². The van der Waals surface area contributed by atoms with Crippen molar-refractivity contribution in [3.8, 4) is 0 Å². The first-order chi connectivity index (χ1) is 11.1. The lowest BCUT2D eigenvalue weighted by molar-refractivity contribution is -0.122. The number of nitrogens with two attached hydrogens (primary N) is 1. The van der Waals surface area contributed by atoms with Gasteiger partial charge in [-0.3, -0.25) is 9.59 Å². The van der Waals surface area contributed by atoms with Gasteiger partial charge in [0.2, 0.25) is 11.8 Å². The summed E-state index contributed by atoms with van der Waals surface area (Å²) in [5.74, 6) is -0.119. The van der Waals surface area contributed by atoms with E-state index in [1.165, 1.54) is 11.1 Å². The molecule has 1 aliphatic carbocycles. The van der Waals surface area contributed by atoms with Crippen LogP contribution >= 0.6 is 15.9 Å². The quantitative estimate of drug-likeness (QED) is 0.673. The topological polar surface area (TPSA) is 72.2 Å². The van der Waals surface area contributed by atoms with Crippen LogP contribution in [0.1, 0.15) is 68.5 Å². The van der Waals surface area contributed by atoms with Crippen LogP contribution in [-0.4, -0.2) is 11.8 Å². The molecule has 126 valence electrons. The van der Waals surface area contributed by atoms with E-state index in [1.807, 2.05) is 6.07 Å². The van der Waals surface area contributed by atoms with Crippen LogP contribution in [0.2, 0.25) is 0 Å². The number of benzene rings is 1. The lowest BCUT2D eigenvalue weighted by atomic mass is 9.87. The zero-order valence-corrected chi connectivity index (χ0v) is 15.0. The molecule has 1 unspecified atom stereocenters. The van der Waals surface area contributed by atoms with E-state index in [4.69, 9.17) is 5.73 Å². The predicted octanol–water partition coefficient (Wildman–Crippen LogP) is 3.77. The summed E-state index contributed by atoms with van der Waals surface area (Å²) in [5, 5.41) is 3.18. The Morgan fingerprint density at radius 1 is 1.17 bits per heavy atom. The summed E-state index contributed by atoms with van der Waals surface area (Å²) < 4.78 is 1.10. The van der Waals surface area contributed by atoms with Gasteiger partial charge in [0.15, 0.2) is 0 Å². The van der Waals surface area contributed by atoms with Crippen molar-refractivity contribution in [1.29, 1.82) is 0 Å². The van der Waals surface area contributed by atoms with Crippen LogP contribution in [0.25, 0.3) is 0 Å². The van der Waals surface area contributed by atoms with Crippen molar-refractivity contribution >= 4 is 27.7 Å². The molecule has 23 heavy (non-hydrogen) atoms. The molecule has 0 bridgehead atoms. The molecule has 1 aromatic rings. The Bertz CT molecular complexity index is 560. The third-order valence-electron chi connectivity index (χ3n) is 4.33. The number of amides is 2.